The number of carbonyl (C=O) groups excluding carboxylic acids is 2. The first-order valence-corrected chi connectivity index (χ1v) is 14.2. The Labute approximate surface area is 255 Å². The second-order valence-electron chi connectivity index (χ2n) is 9.87. The van der Waals surface area contributed by atoms with Crippen LogP contribution in [0.25, 0.3) is 0 Å². The largest absolute Gasteiger partial charge is 0.506 e. The highest BCUT2D eigenvalue weighted by Gasteiger charge is 2.16. The molecule has 0 aliphatic rings. The van der Waals surface area contributed by atoms with Gasteiger partial charge in [0.15, 0.2) is 28.4 Å². The van der Waals surface area contributed by atoms with E-state index in [1.165, 1.54) is 17.2 Å². The molecule has 0 aliphatic carbocycles. The lowest BCUT2D eigenvalue weighted by molar-refractivity contribution is -0.105. The van der Waals surface area contributed by atoms with Crippen LogP contribution in [0.3, 0.4) is 0 Å². The third-order valence-electron chi connectivity index (χ3n) is 6.52. The van der Waals surface area contributed by atoms with Gasteiger partial charge in [0.05, 0.1) is 5.69 Å². The lowest BCUT2D eigenvalue weighted by Gasteiger charge is -2.14. The molecular weight excluding hydrogens is 574 g/mol. The molecule has 2 amide bonds. The number of nitrogens with zero attached hydrogens (tertiary/aromatic N) is 3. The number of nitrogen functional groups attached to an aromatic ring is 2. The third kappa shape index (κ3) is 11.0. The number of phenolic OH excluding ortho intramolecular Hbond substituents is 1. The molecular formula is C29H38ClN9O4. The molecule has 43 heavy (non-hydrogen) atoms. The number of carbonyl (C=O) groups is 2. The molecule has 0 saturated heterocycles. The number of guanidine groups is 1. The smallest absolute Gasteiger partial charge is 0.280 e. The van der Waals surface area contributed by atoms with Gasteiger partial charge in [-0.05, 0) is 73.9 Å². The number of aliphatic imine (C=N–C) groups is 1. The van der Waals surface area contributed by atoms with Gasteiger partial charge in [-0.2, -0.15) is 0 Å². The number of phenols is 1. The van der Waals surface area contributed by atoms with E-state index in [0.29, 0.717) is 31.6 Å². The van der Waals surface area contributed by atoms with E-state index in [1.54, 1.807) is 12.1 Å². The van der Waals surface area contributed by atoms with E-state index in [4.69, 9.17) is 28.8 Å². The van der Waals surface area contributed by atoms with Gasteiger partial charge in [-0.25, -0.2) is 9.97 Å². The fraction of sp³-hybridized carbons (Fsp3) is 0.345. The number of nitrogens with two attached hydrogens (primary N) is 3. The van der Waals surface area contributed by atoms with Crippen LogP contribution in [0.15, 0.2) is 47.5 Å². The minimum Gasteiger partial charge on any atom is -0.506 e. The topological polar surface area (TPSA) is 227 Å². The molecule has 0 saturated carbocycles. The maximum absolute atomic E-state index is 12.3. The van der Waals surface area contributed by atoms with Gasteiger partial charge in [0, 0.05) is 13.0 Å². The minimum absolute atomic E-state index is 0.0208. The standard InChI is InChI=1S/C29H38ClN9O4/c30-25-27(32)38-26(31)24(37-25)28(43)39-29(33)35-14-4-2-6-19-9-7-18(8-10-19)5-1-3-13-34-23(42)16-20-11-12-22(41)21(15-20)36-17-40/h7-12,15,17,23,34,41-42H,1-6,13-14,16H2,(H,36,40)(H4,31,32,38)(H3,33,35,39,43)/t23-/m1/s1. The molecule has 14 heteroatoms. The Hall–Kier alpha value is -4.46. The van der Waals surface area contributed by atoms with Crippen LogP contribution >= 0.6 is 11.6 Å². The van der Waals surface area contributed by atoms with Crippen LogP contribution in [0.5, 0.6) is 5.75 Å². The van der Waals surface area contributed by atoms with E-state index in [2.05, 4.69) is 55.2 Å². The van der Waals surface area contributed by atoms with E-state index in [1.807, 2.05) is 0 Å². The van der Waals surface area contributed by atoms with Crippen molar-refractivity contribution in [2.24, 2.45) is 10.7 Å². The number of nitrogens with one attached hydrogen (secondary N) is 3. The molecule has 0 aliphatic heterocycles. The molecule has 1 atom stereocenters. The molecule has 1 heterocycles. The zero-order valence-corrected chi connectivity index (χ0v) is 24.5. The predicted octanol–water partition coefficient (Wildman–Crippen LogP) is 2.11. The second-order valence-corrected chi connectivity index (χ2v) is 10.2. The molecule has 13 nitrogen and oxygen atoms in total. The number of hydrogen-bond acceptors (Lipinski definition) is 10. The lowest BCUT2D eigenvalue weighted by Crippen LogP contribution is -2.38. The quantitative estimate of drug-likeness (QED) is 0.0294. The molecule has 11 N–H and O–H groups in total. The number of hydrogen-bond donors (Lipinski definition) is 8. The summed E-state index contributed by atoms with van der Waals surface area (Å²) in [4.78, 5) is 34.7. The number of aryl methyl sites for hydroxylation is 2. The highest BCUT2D eigenvalue weighted by atomic mass is 35.5. The SMILES string of the molecule is NC(=NCCCCc1ccc(CCCCN[C@H](O)Cc2ccc(O)c(NC=O)c2)cc1)NC(=O)c1nc(Cl)c(N)nc1N. The summed E-state index contributed by atoms with van der Waals surface area (Å²) in [5.74, 6) is -0.959. The van der Waals surface area contributed by atoms with Crippen LogP contribution in [-0.4, -0.2) is 57.8 Å². The lowest BCUT2D eigenvalue weighted by atomic mass is 10.0. The highest BCUT2D eigenvalue weighted by molar-refractivity contribution is 6.31. The van der Waals surface area contributed by atoms with E-state index < -0.39 is 12.1 Å². The van der Waals surface area contributed by atoms with Crippen molar-refractivity contribution in [2.75, 3.05) is 29.9 Å². The first-order valence-electron chi connectivity index (χ1n) is 13.9. The average Bonchev–Trinajstić information content (AvgIpc) is 2.97. The summed E-state index contributed by atoms with van der Waals surface area (Å²) in [6, 6.07) is 13.4. The summed E-state index contributed by atoms with van der Waals surface area (Å²) in [5, 5.41) is 27.8. The molecule has 0 unspecified atom stereocenters. The number of aliphatic hydroxyl groups is 1. The van der Waals surface area contributed by atoms with Gasteiger partial charge in [-0.3, -0.25) is 25.2 Å². The molecule has 0 spiro atoms. The first-order chi connectivity index (χ1) is 20.7. The van der Waals surface area contributed by atoms with E-state index >= 15 is 0 Å². The van der Waals surface area contributed by atoms with Crippen molar-refractivity contribution in [1.82, 2.24) is 20.6 Å². The number of aliphatic hydroxyl groups excluding tert-OH is 1. The van der Waals surface area contributed by atoms with Crippen LogP contribution in [-0.2, 0) is 24.1 Å². The van der Waals surface area contributed by atoms with Crippen LogP contribution in [0.2, 0.25) is 5.15 Å². The molecule has 1 aromatic heterocycles. The molecule has 2 aromatic carbocycles. The molecule has 0 bridgehead atoms. The van der Waals surface area contributed by atoms with E-state index in [9.17, 15) is 19.8 Å². The zero-order chi connectivity index (χ0) is 31.2. The fourth-order valence-corrected chi connectivity index (χ4v) is 4.37. The Morgan fingerprint density at radius 1 is 0.977 bits per heavy atom. The number of benzene rings is 2. The number of rotatable bonds is 16. The van der Waals surface area contributed by atoms with E-state index in [0.717, 1.165) is 44.1 Å². The average molecular weight is 612 g/mol. The Morgan fingerprint density at radius 2 is 1.63 bits per heavy atom. The molecule has 3 aromatic rings. The zero-order valence-electron chi connectivity index (χ0n) is 23.7. The van der Waals surface area contributed by atoms with Crippen molar-refractivity contribution in [3.63, 3.8) is 0 Å². The Morgan fingerprint density at radius 3 is 2.30 bits per heavy atom. The number of amides is 2. The van der Waals surface area contributed by atoms with E-state index in [-0.39, 0.29) is 34.2 Å². The summed E-state index contributed by atoms with van der Waals surface area (Å²) in [5.41, 5.74) is 20.4. The summed E-state index contributed by atoms with van der Waals surface area (Å²) in [6.45, 7) is 1.12. The molecule has 230 valence electrons. The third-order valence-corrected chi connectivity index (χ3v) is 6.79. The highest BCUT2D eigenvalue weighted by Crippen LogP contribution is 2.24. The second kappa shape index (κ2) is 16.9. The van der Waals surface area contributed by atoms with Crippen molar-refractivity contribution in [3.8, 4) is 5.75 Å². The Kier molecular flexibility index (Phi) is 12.9. The molecule has 0 radical (unpaired) electrons. The van der Waals surface area contributed by atoms with Crippen molar-refractivity contribution < 1.29 is 19.8 Å². The van der Waals surface area contributed by atoms with Crippen molar-refractivity contribution in [1.29, 1.82) is 0 Å². The maximum Gasteiger partial charge on any atom is 0.280 e. The number of aromatic hydroxyl groups is 1. The van der Waals surface area contributed by atoms with Crippen LogP contribution in [0.1, 0.15) is 52.9 Å². The monoisotopic (exact) mass is 611 g/mol. The van der Waals surface area contributed by atoms with Crippen molar-refractivity contribution in [2.45, 2.75) is 51.2 Å². The number of anilines is 3. The molecule has 0 fully saturated rings. The summed E-state index contributed by atoms with van der Waals surface area (Å²) in [6.07, 6.45) is 5.55. The normalized spacial score (nSPS) is 12.1. The number of unbranched alkanes of at least 4 members (excludes halogenated alkanes) is 2. The first kappa shape index (κ1) is 33.0. The van der Waals surface area contributed by atoms with Gasteiger partial charge in [-0.15, -0.1) is 0 Å². The van der Waals surface area contributed by atoms with Gasteiger partial charge >= 0.3 is 0 Å². The van der Waals surface area contributed by atoms with Crippen LogP contribution < -0.4 is 33.2 Å². The van der Waals surface area contributed by atoms with Crippen molar-refractivity contribution >= 4 is 47.2 Å². The summed E-state index contributed by atoms with van der Waals surface area (Å²) in [7, 11) is 0. The van der Waals surface area contributed by atoms with Crippen LogP contribution in [0.4, 0.5) is 17.3 Å². The Bertz CT molecular complexity index is 1400. The van der Waals surface area contributed by atoms with Gasteiger partial charge in [-0.1, -0.05) is 41.9 Å². The maximum atomic E-state index is 12.3. The molecule has 3 rings (SSSR count). The minimum atomic E-state index is -0.725. The van der Waals surface area contributed by atoms with Gasteiger partial charge < -0.3 is 32.7 Å². The van der Waals surface area contributed by atoms with Gasteiger partial charge in [0.2, 0.25) is 6.41 Å². The number of aromatic nitrogens is 2. The van der Waals surface area contributed by atoms with Gasteiger partial charge in [0.1, 0.15) is 12.0 Å². The van der Waals surface area contributed by atoms with Crippen LogP contribution in [0, 0.1) is 0 Å². The Balaban J connectivity index is 1.28. The number of halogens is 1. The summed E-state index contributed by atoms with van der Waals surface area (Å²) < 4.78 is 0. The van der Waals surface area contributed by atoms with Gasteiger partial charge in [0.25, 0.3) is 5.91 Å². The predicted molar refractivity (Wildman–Crippen MR) is 168 cm³/mol. The summed E-state index contributed by atoms with van der Waals surface area (Å²) >= 11 is 5.80. The van der Waals surface area contributed by atoms with Crippen molar-refractivity contribution in [3.05, 3.63) is 70.0 Å². The fourth-order valence-electron chi connectivity index (χ4n) is 4.24.